The summed E-state index contributed by atoms with van der Waals surface area (Å²) >= 11 is 0. The number of hydrogen-bond donors (Lipinski definition) is 2. The number of carbonyl (C=O) groups is 2. The number of sulfonamides is 1. The van der Waals surface area contributed by atoms with E-state index in [9.17, 15) is 18.0 Å². The Morgan fingerprint density at radius 3 is 2.33 bits per heavy atom. The molecule has 3 N–H and O–H groups in total. The van der Waals surface area contributed by atoms with E-state index in [4.69, 9.17) is 9.88 Å². The van der Waals surface area contributed by atoms with E-state index in [0.29, 0.717) is 12.1 Å². The summed E-state index contributed by atoms with van der Waals surface area (Å²) in [6.45, 7) is 3.29. The minimum Gasteiger partial charge on any atom is -0.453 e. The zero-order chi connectivity index (χ0) is 16.0. The normalized spacial score (nSPS) is 12.5. The van der Waals surface area contributed by atoms with Gasteiger partial charge in [0.1, 0.15) is 0 Å². The van der Waals surface area contributed by atoms with Crippen molar-refractivity contribution >= 4 is 27.6 Å². The Kier molecular flexibility index (Phi) is 5.86. The summed E-state index contributed by atoms with van der Waals surface area (Å²) < 4.78 is 27.1. The van der Waals surface area contributed by atoms with Gasteiger partial charge >= 0.3 is 5.97 Å². The van der Waals surface area contributed by atoms with E-state index in [2.05, 4.69) is 5.32 Å². The van der Waals surface area contributed by atoms with Gasteiger partial charge in [-0.1, -0.05) is 6.92 Å². The largest absolute Gasteiger partial charge is 0.453 e. The maximum Gasteiger partial charge on any atom is 0.306 e. The number of amides is 1. The molecule has 1 aromatic carbocycles. The molecule has 0 aliphatic rings. The second-order valence-electron chi connectivity index (χ2n) is 4.44. The standard InChI is InChI=1S/C13H18N2O5S/c1-3-4-12(16)20-9(2)13(17)15-10-5-7-11(8-6-10)21(14,18)19/h5-9H,3-4H2,1-2H3,(H,15,17)(H2,14,18,19)/t9-/m1/s1. The van der Waals surface area contributed by atoms with E-state index in [-0.39, 0.29) is 11.3 Å². The highest BCUT2D eigenvalue weighted by Gasteiger charge is 2.17. The van der Waals surface area contributed by atoms with Gasteiger partial charge in [-0.2, -0.15) is 0 Å². The number of carbonyl (C=O) groups excluding carboxylic acids is 2. The van der Waals surface area contributed by atoms with Crippen molar-refractivity contribution in [2.24, 2.45) is 5.14 Å². The number of anilines is 1. The Bertz CT molecular complexity index is 610. The topological polar surface area (TPSA) is 116 Å². The predicted octanol–water partition coefficient (Wildman–Crippen LogP) is 1.00. The van der Waals surface area contributed by atoms with Gasteiger partial charge in [0.05, 0.1) is 4.90 Å². The van der Waals surface area contributed by atoms with Gasteiger partial charge in [-0.15, -0.1) is 0 Å². The van der Waals surface area contributed by atoms with Crippen molar-refractivity contribution in [3.8, 4) is 0 Å². The molecule has 116 valence electrons. The molecule has 0 fully saturated rings. The van der Waals surface area contributed by atoms with Gasteiger partial charge in [0.25, 0.3) is 5.91 Å². The number of rotatable bonds is 6. The smallest absolute Gasteiger partial charge is 0.306 e. The molecule has 1 amide bonds. The van der Waals surface area contributed by atoms with Crippen molar-refractivity contribution < 1.29 is 22.7 Å². The number of ether oxygens (including phenoxy) is 1. The molecule has 0 spiro atoms. The highest BCUT2D eigenvalue weighted by molar-refractivity contribution is 7.89. The number of benzene rings is 1. The van der Waals surface area contributed by atoms with Gasteiger partial charge in [-0.3, -0.25) is 9.59 Å². The average molecular weight is 314 g/mol. The fraction of sp³-hybridized carbons (Fsp3) is 0.385. The quantitative estimate of drug-likeness (QED) is 0.760. The summed E-state index contributed by atoms with van der Waals surface area (Å²) in [5.74, 6) is -0.937. The maximum atomic E-state index is 11.8. The molecule has 0 aliphatic carbocycles. The monoisotopic (exact) mass is 314 g/mol. The van der Waals surface area contributed by atoms with Crippen LogP contribution < -0.4 is 10.5 Å². The summed E-state index contributed by atoms with van der Waals surface area (Å²) in [6, 6.07) is 5.36. The molecule has 0 bridgehead atoms. The summed E-state index contributed by atoms with van der Waals surface area (Å²) in [5, 5.41) is 7.48. The van der Waals surface area contributed by atoms with Crippen LogP contribution in [-0.2, 0) is 24.3 Å². The molecule has 21 heavy (non-hydrogen) atoms. The fourth-order valence-electron chi connectivity index (χ4n) is 1.49. The van der Waals surface area contributed by atoms with Crippen molar-refractivity contribution in [3.05, 3.63) is 24.3 Å². The minimum absolute atomic E-state index is 0.0529. The number of nitrogens with one attached hydrogen (secondary N) is 1. The van der Waals surface area contributed by atoms with Crippen LogP contribution >= 0.6 is 0 Å². The van der Waals surface area contributed by atoms with Crippen LogP contribution in [0.25, 0.3) is 0 Å². The molecule has 1 aromatic rings. The molecule has 7 nitrogen and oxygen atoms in total. The Morgan fingerprint density at radius 1 is 1.29 bits per heavy atom. The summed E-state index contributed by atoms with van der Waals surface area (Å²) in [6.07, 6.45) is -0.0370. The lowest BCUT2D eigenvalue weighted by atomic mass is 10.3. The molecule has 1 rings (SSSR count). The molecule has 0 aromatic heterocycles. The Balaban J connectivity index is 2.64. The van der Waals surface area contributed by atoms with Crippen LogP contribution in [0.1, 0.15) is 26.7 Å². The van der Waals surface area contributed by atoms with E-state index in [0.717, 1.165) is 0 Å². The molecule has 8 heteroatoms. The van der Waals surface area contributed by atoms with Gasteiger partial charge in [-0.05, 0) is 37.6 Å². The van der Waals surface area contributed by atoms with Crippen molar-refractivity contribution in [1.29, 1.82) is 0 Å². The Labute approximate surface area is 123 Å². The minimum atomic E-state index is -3.77. The number of primary sulfonamides is 1. The zero-order valence-electron chi connectivity index (χ0n) is 11.8. The molecule has 0 aliphatic heterocycles. The molecule has 0 saturated heterocycles. The first-order valence-corrected chi connectivity index (χ1v) is 7.92. The maximum absolute atomic E-state index is 11.8. The van der Waals surface area contributed by atoms with Gasteiger partial charge in [-0.25, -0.2) is 13.6 Å². The molecule has 0 radical (unpaired) electrons. The second-order valence-corrected chi connectivity index (χ2v) is 6.00. The van der Waals surface area contributed by atoms with E-state index in [1.54, 1.807) is 0 Å². The first-order chi connectivity index (χ1) is 9.74. The fourth-order valence-corrected chi connectivity index (χ4v) is 2.00. The van der Waals surface area contributed by atoms with Crippen LogP contribution in [0.3, 0.4) is 0 Å². The van der Waals surface area contributed by atoms with Crippen LogP contribution in [-0.4, -0.2) is 26.4 Å². The summed E-state index contributed by atoms with van der Waals surface area (Å²) in [5.41, 5.74) is 0.380. The van der Waals surface area contributed by atoms with Gasteiger partial charge < -0.3 is 10.1 Å². The lowest BCUT2D eigenvalue weighted by Crippen LogP contribution is -2.29. The first-order valence-electron chi connectivity index (χ1n) is 6.37. The van der Waals surface area contributed by atoms with Crippen molar-refractivity contribution in [3.63, 3.8) is 0 Å². The first kappa shape index (κ1) is 17.1. The van der Waals surface area contributed by atoms with E-state index in [1.807, 2.05) is 6.92 Å². The van der Waals surface area contributed by atoms with E-state index >= 15 is 0 Å². The van der Waals surface area contributed by atoms with E-state index < -0.39 is 28.0 Å². The Hall–Kier alpha value is -1.93. The molecule has 1 atom stereocenters. The molecule has 0 heterocycles. The second kappa shape index (κ2) is 7.19. The van der Waals surface area contributed by atoms with Gasteiger partial charge in [0.2, 0.25) is 10.0 Å². The lowest BCUT2D eigenvalue weighted by molar-refractivity contribution is -0.153. The number of esters is 1. The molecule has 0 saturated carbocycles. The summed E-state index contributed by atoms with van der Waals surface area (Å²) in [4.78, 5) is 23.0. The third kappa shape index (κ3) is 5.52. The van der Waals surface area contributed by atoms with Crippen molar-refractivity contribution in [1.82, 2.24) is 0 Å². The highest BCUT2D eigenvalue weighted by atomic mass is 32.2. The third-order valence-corrected chi connectivity index (χ3v) is 3.51. The SMILES string of the molecule is CCCC(=O)O[C@H](C)C(=O)Nc1ccc(S(N)(=O)=O)cc1. The number of hydrogen-bond acceptors (Lipinski definition) is 5. The molecular weight excluding hydrogens is 296 g/mol. The predicted molar refractivity (Wildman–Crippen MR) is 76.9 cm³/mol. The molecular formula is C13H18N2O5S. The van der Waals surface area contributed by atoms with Crippen molar-refractivity contribution in [2.75, 3.05) is 5.32 Å². The zero-order valence-corrected chi connectivity index (χ0v) is 12.6. The third-order valence-electron chi connectivity index (χ3n) is 2.58. The van der Waals surface area contributed by atoms with Gasteiger partial charge in [0, 0.05) is 12.1 Å². The van der Waals surface area contributed by atoms with Crippen LogP contribution in [0.5, 0.6) is 0 Å². The van der Waals surface area contributed by atoms with Crippen molar-refractivity contribution in [2.45, 2.75) is 37.7 Å². The molecule has 0 unspecified atom stereocenters. The highest BCUT2D eigenvalue weighted by Crippen LogP contribution is 2.13. The average Bonchev–Trinajstić information content (AvgIpc) is 2.38. The number of nitrogens with two attached hydrogens (primary N) is 1. The van der Waals surface area contributed by atoms with Crippen LogP contribution in [0.4, 0.5) is 5.69 Å². The van der Waals surface area contributed by atoms with Crippen LogP contribution in [0.15, 0.2) is 29.2 Å². The van der Waals surface area contributed by atoms with Crippen LogP contribution in [0.2, 0.25) is 0 Å². The van der Waals surface area contributed by atoms with Crippen LogP contribution in [0, 0.1) is 0 Å². The lowest BCUT2D eigenvalue weighted by Gasteiger charge is -2.13. The van der Waals surface area contributed by atoms with E-state index in [1.165, 1.54) is 31.2 Å². The summed E-state index contributed by atoms with van der Waals surface area (Å²) in [7, 11) is -3.77. The Morgan fingerprint density at radius 2 is 1.86 bits per heavy atom. The van der Waals surface area contributed by atoms with Gasteiger partial charge in [0.15, 0.2) is 6.10 Å².